The lowest BCUT2D eigenvalue weighted by Gasteiger charge is -2.35. The van der Waals surface area contributed by atoms with Crippen molar-refractivity contribution in [2.24, 2.45) is 0 Å². The normalized spacial score (nSPS) is 17.3. The Hall–Kier alpha value is -1.66. The van der Waals surface area contributed by atoms with Gasteiger partial charge in [0.15, 0.2) is 5.13 Å². The lowest BCUT2D eigenvalue weighted by molar-refractivity contribution is 0.203. The van der Waals surface area contributed by atoms with Crippen molar-refractivity contribution in [3.8, 4) is 0 Å². The Morgan fingerprint density at radius 3 is 2.50 bits per heavy atom. The summed E-state index contributed by atoms with van der Waals surface area (Å²) in [6.07, 6.45) is 3.17. The lowest BCUT2D eigenvalue weighted by Crippen LogP contribution is -2.46. The van der Waals surface area contributed by atoms with Crippen LogP contribution in [0.2, 0.25) is 0 Å². The van der Waals surface area contributed by atoms with Gasteiger partial charge >= 0.3 is 0 Å². The number of nitrogens with zero attached hydrogens (tertiary/aromatic N) is 4. The third-order valence-corrected chi connectivity index (χ3v) is 4.67. The van der Waals surface area contributed by atoms with E-state index in [2.05, 4.69) is 19.8 Å². The number of pyridine rings is 1. The van der Waals surface area contributed by atoms with Crippen LogP contribution in [0.25, 0.3) is 0 Å². The molecule has 0 radical (unpaired) electrons. The first kappa shape index (κ1) is 13.3. The summed E-state index contributed by atoms with van der Waals surface area (Å²) < 4.78 is 0. The molecule has 20 heavy (non-hydrogen) atoms. The third kappa shape index (κ3) is 2.76. The van der Waals surface area contributed by atoms with Crippen molar-refractivity contribution in [2.45, 2.75) is 13.0 Å². The van der Waals surface area contributed by atoms with E-state index in [4.69, 9.17) is 0 Å². The Labute approximate surface area is 122 Å². The molecule has 5 nitrogen and oxygen atoms in total. The third-order valence-electron chi connectivity index (χ3n) is 3.45. The first-order chi connectivity index (χ1) is 9.74. The Bertz CT molecular complexity index is 549. The predicted molar refractivity (Wildman–Crippen MR) is 81.4 cm³/mol. The Kier molecular flexibility index (Phi) is 3.84. The summed E-state index contributed by atoms with van der Waals surface area (Å²) in [4.78, 5) is 14.3. The van der Waals surface area contributed by atoms with Gasteiger partial charge in [-0.05, 0) is 19.1 Å². The van der Waals surface area contributed by atoms with E-state index in [-0.39, 0.29) is 0 Å². The fraction of sp³-hybridized carbons (Fsp3) is 0.429. The first-order valence-corrected chi connectivity index (χ1v) is 7.60. The highest BCUT2D eigenvalue weighted by molar-refractivity contribution is 7.15. The topological polar surface area (TPSA) is 52.5 Å². The maximum absolute atomic E-state index is 9.56. The molecule has 2 aromatic rings. The van der Waals surface area contributed by atoms with E-state index >= 15 is 0 Å². The monoisotopic (exact) mass is 290 g/mol. The Morgan fingerprint density at radius 2 is 1.90 bits per heavy atom. The number of hydrogen-bond donors (Lipinski definition) is 1. The van der Waals surface area contributed by atoms with E-state index in [0.717, 1.165) is 42.0 Å². The molecule has 106 valence electrons. The molecule has 1 aliphatic heterocycles. The summed E-state index contributed by atoms with van der Waals surface area (Å²) in [7, 11) is 0. The molecular formula is C14H18N4OS. The maximum atomic E-state index is 9.56. The molecule has 0 aliphatic carbocycles. The van der Waals surface area contributed by atoms with Crippen molar-refractivity contribution < 1.29 is 5.11 Å². The molecule has 1 aliphatic rings. The number of piperazine rings is 1. The standard InChI is InChI=1S/C14H18N4OS/c1-11(19)12-10-16-14(20-12)18-8-6-17(7-9-18)13-4-2-3-5-15-13/h2-5,10-11,19H,6-9H2,1H3. The van der Waals surface area contributed by atoms with Gasteiger partial charge < -0.3 is 14.9 Å². The highest BCUT2D eigenvalue weighted by Crippen LogP contribution is 2.28. The minimum atomic E-state index is -0.434. The number of thiazole rings is 1. The van der Waals surface area contributed by atoms with Crippen LogP contribution in [0.1, 0.15) is 17.9 Å². The van der Waals surface area contributed by atoms with E-state index in [0.29, 0.717) is 0 Å². The van der Waals surface area contributed by atoms with Gasteiger partial charge in [0.1, 0.15) is 5.82 Å². The zero-order valence-corrected chi connectivity index (χ0v) is 12.3. The van der Waals surface area contributed by atoms with Crippen molar-refractivity contribution in [2.75, 3.05) is 36.0 Å². The average Bonchev–Trinajstić information content (AvgIpc) is 2.98. The Balaban J connectivity index is 1.63. The van der Waals surface area contributed by atoms with E-state index in [1.807, 2.05) is 24.4 Å². The van der Waals surface area contributed by atoms with Crippen LogP contribution >= 0.6 is 11.3 Å². The number of aromatic nitrogens is 2. The zero-order valence-electron chi connectivity index (χ0n) is 11.4. The number of rotatable bonds is 3. The molecule has 1 saturated heterocycles. The van der Waals surface area contributed by atoms with Crippen LogP contribution in [0.15, 0.2) is 30.6 Å². The van der Waals surface area contributed by atoms with Crippen LogP contribution in [0, 0.1) is 0 Å². The van der Waals surface area contributed by atoms with Gasteiger partial charge in [0.25, 0.3) is 0 Å². The minimum Gasteiger partial charge on any atom is -0.388 e. The van der Waals surface area contributed by atoms with Crippen molar-refractivity contribution >= 4 is 22.3 Å². The van der Waals surface area contributed by atoms with Crippen molar-refractivity contribution in [1.82, 2.24) is 9.97 Å². The number of hydrogen-bond acceptors (Lipinski definition) is 6. The predicted octanol–water partition coefficient (Wildman–Crippen LogP) is 1.92. The highest BCUT2D eigenvalue weighted by Gasteiger charge is 2.20. The van der Waals surface area contributed by atoms with Gasteiger partial charge in [0.2, 0.25) is 0 Å². The quantitative estimate of drug-likeness (QED) is 0.936. The summed E-state index contributed by atoms with van der Waals surface area (Å²) in [6, 6.07) is 6.00. The molecule has 0 bridgehead atoms. The molecular weight excluding hydrogens is 272 g/mol. The molecule has 1 fully saturated rings. The van der Waals surface area contributed by atoms with Gasteiger partial charge in [0.05, 0.1) is 11.0 Å². The molecule has 0 spiro atoms. The van der Waals surface area contributed by atoms with Gasteiger partial charge in [-0.25, -0.2) is 9.97 Å². The molecule has 6 heteroatoms. The smallest absolute Gasteiger partial charge is 0.185 e. The molecule has 0 saturated carbocycles. The number of aliphatic hydroxyl groups is 1. The van der Waals surface area contributed by atoms with Crippen LogP contribution < -0.4 is 9.80 Å². The molecule has 2 aromatic heterocycles. The summed E-state index contributed by atoms with van der Waals surface area (Å²) in [5.74, 6) is 1.04. The second-order valence-electron chi connectivity index (χ2n) is 4.88. The van der Waals surface area contributed by atoms with E-state index in [1.165, 1.54) is 0 Å². The van der Waals surface area contributed by atoms with E-state index in [9.17, 15) is 5.11 Å². The number of anilines is 2. The molecule has 0 amide bonds. The number of aliphatic hydroxyl groups excluding tert-OH is 1. The highest BCUT2D eigenvalue weighted by atomic mass is 32.1. The molecule has 1 N–H and O–H groups in total. The fourth-order valence-corrected chi connectivity index (χ4v) is 3.19. The molecule has 1 atom stereocenters. The van der Waals surface area contributed by atoms with Crippen LogP contribution in [0.3, 0.4) is 0 Å². The van der Waals surface area contributed by atoms with Crippen LogP contribution in [0.4, 0.5) is 10.9 Å². The van der Waals surface area contributed by atoms with E-state index < -0.39 is 6.10 Å². The lowest BCUT2D eigenvalue weighted by atomic mass is 10.3. The van der Waals surface area contributed by atoms with Crippen molar-refractivity contribution in [3.05, 3.63) is 35.5 Å². The largest absolute Gasteiger partial charge is 0.388 e. The van der Waals surface area contributed by atoms with Gasteiger partial charge in [-0.3, -0.25) is 0 Å². The average molecular weight is 290 g/mol. The molecule has 0 aromatic carbocycles. The van der Waals surface area contributed by atoms with Crippen LogP contribution in [-0.2, 0) is 0 Å². The molecule has 3 rings (SSSR count). The maximum Gasteiger partial charge on any atom is 0.185 e. The summed E-state index contributed by atoms with van der Waals surface area (Å²) in [6.45, 7) is 5.53. The first-order valence-electron chi connectivity index (χ1n) is 6.79. The molecule has 3 heterocycles. The van der Waals surface area contributed by atoms with E-state index in [1.54, 1.807) is 24.5 Å². The second kappa shape index (κ2) is 5.76. The summed E-state index contributed by atoms with van der Waals surface area (Å²) >= 11 is 1.58. The van der Waals surface area contributed by atoms with Crippen LogP contribution in [-0.4, -0.2) is 41.3 Å². The van der Waals surface area contributed by atoms with Crippen LogP contribution in [0.5, 0.6) is 0 Å². The zero-order chi connectivity index (χ0) is 13.9. The summed E-state index contributed by atoms with van der Waals surface area (Å²) in [5.41, 5.74) is 0. The molecule has 1 unspecified atom stereocenters. The van der Waals surface area contributed by atoms with Crippen molar-refractivity contribution in [3.63, 3.8) is 0 Å². The SMILES string of the molecule is CC(O)c1cnc(N2CCN(c3ccccn3)CC2)s1. The fourth-order valence-electron chi connectivity index (χ4n) is 2.28. The van der Waals surface area contributed by atoms with Crippen molar-refractivity contribution in [1.29, 1.82) is 0 Å². The van der Waals surface area contributed by atoms with Gasteiger partial charge in [-0.2, -0.15) is 0 Å². The second-order valence-corrected chi connectivity index (χ2v) is 5.92. The van der Waals surface area contributed by atoms with Gasteiger partial charge in [0, 0.05) is 38.6 Å². The minimum absolute atomic E-state index is 0.434. The van der Waals surface area contributed by atoms with Gasteiger partial charge in [-0.15, -0.1) is 0 Å². The van der Waals surface area contributed by atoms with Gasteiger partial charge in [-0.1, -0.05) is 17.4 Å². The summed E-state index contributed by atoms with van der Waals surface area (Å²) in [5, 5.41) is 10.6. The Morgan fingerprint density at radius 1 is 1.15 bits per heavy atom.